The first kappa shape index (κ1) is 27.5. The largest absolute Gasteiger partial charge is 0.481 e. The van der Waals surface area contributed by atoms with E-state index in [-0.39, 0.29) is 30.8 Å². The summed E-state index contributed by atoms with van der Waals surface area (Å²) in [5.41, 5.74) is 2.97. The molecule has 3 aromatic rings. The molecular weight excluding hydrogens is 494 g/mol. The molecule has 1 aliphatic carbocycles. The second kappa shape index (κ2) is 13.3. The third kappa shape index (κ3) is 8.49. The van der Waals surface area contributed by atoms with Gasteiger partial charge in [0.05, 0.1) is 13.0 Å². The smallest absolute Gasteiger partial charge is 0.308 e. The van der Waals surface area contributed by atoms with Crippen LogP contribution >= 0.6 is 0 Å². The highest BCUT2D eigenvalue weighted by Gasteiger charge is 2.20. The van der Waals surface area contributed by atoms with Gasteiger partial charge in [-0.25, -0.2) is 9.97 Å². The monoisotopic (exact) mass is 527 g/mol. The van der Waals surface area contributed by atoms with Crippen molar-refractivity contribution >= 4 is 35.4 Å². The maximum absolute atomic E-state index is 12.6. The number of carboxylic acids is 1. The molecule has 1 aliphatic rings. The molecule has 1 fully saturated rings. The molecule has 0 spiro atoms. The molecule has 9 heteroatoms. The van der Waals surface area contributed by atoms with Crippen molar-refractivity contribution in [3.05, 3.63) is 89.4 Å². The fourth-order valence-corrected chi connectivity index (χ4v) is 4.58. The van der Waals surface area contributed by atoms with E-state index in [4.69, 9.17) is 0 Å². The van der Waals surface area contributed by atoms with Crippen LogP contribution < -0.4 is 15.5 Å². The highest BCUT2D eigenvalue weighted by Crippen LogP contribution is 2.20. The number of nitrogens with one attached hydrogen (secondary N) is 2. The number of nitrogens with zero attached hydrogens (tertiary/aromatic N) is 3. The van der Waals surface area contributed by atoms with Crippen LogP contribution in [0.4, 0.5) is 11.5 Å². The van der Waals surface area contributed by atoms with Crippen molar-refractivity contribution in [2.45, 2.75) is 44.6 Å². The van der Waals surface area contributed by atoms with Gasteiger partial charge in [-0.1, -0.05) is 55.3 Å². The van der Waals surface area contributed by atoms with Gasteiger partial charge in [-0.3, -0.25) is 14.4 Å². The fourth-order valence-electron chi connectivity index (χ4n) is 4.58. The van der Waals surface area contributed by atoms with Gasteiger partial charge in [0.2, 0.25) is 11.8 Å². The summed E-state index contributed by atoms with van der Waals surface area (Å²) in [6.45, 7) is 0.0761. The topological polar surface area (TPSA) is 125 Å². The average molecular weight is 528 g/mol. The number of carbonyl (C=O) groups excluding carboxylic acids is 2. The average Bonchev–Trinajstić information content (AvgIpc) is 3.42. The molecule has 3 N–H and O–H groups in total. The summed E-state index contributed by atoms with van der Waals surface area (Å²) in [4.78, 5) is 46.9. The van der Waals surface area contributed by atoms with Crippen LogP contribution in [-0.2, 0) is 27.2 Å². The molecule has 1 heterocycles. The number of benzene rings is 2. The Hall–Kier alpha value is -4.53. The van der Waals surface area contributed by atoms with Crippen molar-refractivity contribution in [3.63, 3.8) is 0 Å². The third-order valence-corrected chi connectivity index (χ3v) is 6.51. The number of likely N-dealkylation sites (N-methyl/N-ethyl adjacent to an activating group) is 1. The fraction of sp³-hybridized carbons (Fsp3) is 0.300. The Morgan fingerprint density at radius 2 is 1.77 bits per heavy atom. The van der Waals surface area contributed by atoms with Crippen LogP contribution in [0.25, 0.3) is 6.08 Å². The highest BCUT2D eigenvalue weighted by atomic mass is 16.4. The quantitative estimate of drug-likeness (QED) is 0.324. The van der Waals surface area contributed by atoms with Crippen LogP contribution in [0.1, 0.15) is 48.2 Å². The van der Waals surface area contributed by atoms with Crippen LogP contribution in [-0.4, -0.2) is 52.5 Å². The van der Waals surface area contributed by atoms with Gasteiger partial charge in [0.1, 0.15) is 11.6 Å². The predicted molar refractivity (Wildman–Crippen MR) is 150 cm³/mol. The normalized spacial score (nSPS) is 13.4. The molecule has 9 nitrogen and oxygen atoms in total. The predicted octanol–water partition coefficient (Wildman–Crippen LogP) is 3.84. The van der Waals surface area contributed by atoms with Crippen molar-refractivity contribution in [2.24, 2.45) is 0 Å². The summed E-state index contributed by atoms with van der Waals surface area (Å²) in [5, 5.41) is 15.2. The summed E-state index contributed by atoms with van der Waals surface area (Å²) in [6, 6.07) is 17.2. The molecule has 0 aliphatic heterocycles. The number of amides is 2. The first-order valence-corrected chi connectivity index (χ1v) is 13.1. The zero-order valence-electron chi connectivity index (χ0n) is 22.0. The lowest BCUT2D eigenvalue weighted by Gasteiger charge is -2.22. The minimum Gasteiger partial charge on any atom is -0.481 e. The van der Waals surface area contributed by atoms with Gasteiger partial charge in [0.15, 0.2) is 0 Å². The molecule has 2 aromatic carbocycles. The molecular formula is C30H33N5O4. The van der Waals surface area contributed by atoms with Gasteiger partial charge < -0.3 is 20.6 Å². The Balaban J connectivity index is 1.40. The molecule has 4 rings (SSSR count). The maximum Gasteiger partial charge on any atom is 0.308 e. The SMILES string of the molecule is CN(CC(=O)NC1CCCC1)c1nc(Cc2ccc(NC(=O)/C=C/c3ccccc3)cc2)ncc1CC(=O)O. The number of anilines is 2. The highest BCUT2D eigenvalue weighted by molar-refractivity contribution is 6.01. The molecule has 0 bridgehead atoms. The second-order valence-electron chi connectivity index (χ2n) is 9.72. The van der Waals surface area contributed by atoms with Gasteiger partial charge in [-0.05, 0) is 42.2 Å². The molecule has 1 saturated carbocycles. The molecule has 1 aromatic heterocycles. The van der Waals surface area contributed by atoms with Crippen LogP contribution in [0.3, 0.4) is 0 Å². The summed E-state index contributed by atoms with van der Waals surface area (Å²) < 4.78 is 0. The van der Waals surface area contributed by atoms with Crippen LogP contribution in [0.15, 0.2) is 66.9 Å². The van der Waals surface area contributed by atoms with Crippen molar-refractivity contribution in [3.8, 4) is 0 Å². The molecule has 0 atom stereocenters. The summed E-state index contributed by atoms with van der Waals surface area (Å²) in [5.74, 6) is -0.397. The van der Waals surface area contributed by atoms with E-state index in [9.17, 15) is 19.5 Å². The Labute approximate surface area is 228 Å². The zero-order valence-corrected chi connectivity index (χ0v) is 22.0. The molecule has 0 unspecified atom stereocenters. The number of carbonyl (C=O) groups is 3. The van der Waals surface area contributed by atoms with Gasteiger partial charge in [-0.2, -0.15) is 0 Å². The summed E-state index contributed by atoms with van der Waals surface area (Å²) >= 11 is 0. The standard InChI is InChI=1S/C30H33N5O4/c1-35(20-28(37)33-24-9-5-6-10-24)30-23(18-29(38)39)19-31-26(34-30)17-22-11-14-25(15-12-22)32-27(36)16-13-21-7-3-2-4-8-21/h2-4,7-8,11-16,19,24H,5-6,9-10,17-18,20H2,1H3,(H,32,36)(H,33,37)(H,38,39)/b16-13+. The van der Waals surface area contributed by atoms with E-state index >= 15 is 0 Å². The van der Waals surface area contributed by atoms with E-state index in [1.165, 1.54) is 12.3 Å². The van der Waals surface area contributed by atoms with E-state index in [1.54, 1.807) is 18.0 Å². The van der Waals surface area contributed by atoms with Gasteiger partial charge >= 0.3 is 5.97 Å². The van der Waals surface area contributed by atoms with Crippen molar-refractivity contribution in [2.75, 3.05) is 23.8 Å². The number of carboxylic acid groups (broad SMARTS) is 1. The van der Waals surface area contributed by atoms with Crippen molar-refractivity contribution < 1.29 is 19.5 Å². The van der Waals surface area contributed by atoms with E-state index in [1.807, 2.05) is 54.6 Å². The van der Waals surface area contributed by atoms with Gasteiger partial charge in [-0.15, -0.1) is 0 Å². The number of hydrogen-bond acceptors (Lipinski definition) is 6. The lowest BCUT2D eigenvalue weighted by molar-refractivity contribution is -0.136. The third-order valence-electron chi connectivity index (χ3n) is 6.51. The molecule has 0 radical (unpaired) electrons. The minimum atomic E-state index is -0.993. The van der Waals surface area contributed by atoms with E-state index < -0.39 is 5.97 Å². The minimum absolute atomic E-state index is 0.0761. The van der Waals surface area contributed by atoms with E-state index in [2.05, 4.69) is 20.6 Å². The van der Waals surface area contributed by atoms with Crippen LogP contribution in [0, 0.1) is 0 Å². The lowest BCUT2D eigenvalue weighted by Crippen LogP contribution is -2.40. The van der Waals surface area contributed by atoms with Gasteiger partial charge in [0.25, 0.3) is 0 Å². The van der Waals surface area contributed by atoms with E-state index in [0.717, 1.165) is 36.8 Å². The van der Waals surface area contributed by atoms with Crippen molar-refractivity contribution in [1.29, 1.82) is 0 Å². The number of aliphatic carboxylic acids is 1. The van der Waals surface area contributed by atoms with E-state index in [0.29, 0.717) is 29.3 Å². The second-order valence-corrected chi connectivity index (χ2v) is 9.72. The summed E-state index contributed by atoms with van der Waals surface area (Å²) in [6.07, 6.45) is 9.15. The van der Waals surface area contributed by atoms with Gasteiger partial charge in [0, 0.05) is 43.0 Å². The first-order valence-electron chi connectivity index (χ1n) is 13.1. The maximum atomic E-state index is 12.6. The molecule has 39 heavy (non-hydrogen) atoms. The Morgan fingerprint density at radius 3 is 2.46 bits per heavy atom. The molecule has 2 amide bonds. The Kier molecular flexibility index (Phi) is 9.39. The summed E-state index contributed by atoms with van der Waals surface area (Å²) in [7, 11) is 1.73. The van der Waals surface area contributed by atoms with Crippen LogP contribution in [0.5, 0.6) is 0 Å². The van der Waals surface area contributed by atoms with Crippen molar-refractivity contribution in [1.82, 2.24) is 15.3 Å². The number of rotatable bonds is 11. The number of hydrogen-bond donors (Lipinski definition) is 3. The zero-order chi connectivity index (χ0) is 27.6. The number of aromatic nitrogens is 2. The Bertz CT molecular complexity index is 1320. The van der Waals surface area contributed by atoms with Crippen LogP contribution in [0.2, 0.25) is 0 Å². The lowest BCUT2D eigenvalue weighted by atomic mass is 10.1. The molecule has 202 valence electrons. The first-order chi connectivity index (χ1) is 18.9. The Morgan fingerprint density at radius 1 is 1.05 bits per heavy atom. The molecule has 0 saturated heterocycles.